The zero-order valence-corrected chi connectivity index (χ0v) is 15.1. The molecule has 2 heterocycles. The standard InChI is InChI=1S/C17H16N4O2S2/c1-2-10-3-5-11(6-4-10)16-20-13(9-24-16)15(23)21-17-19-12(8-25-17)7-14(18)22/h3-6,8-9H,2,7H2,1H3,(H2,18,22)(H,19,21,23). The molecule has 0 aliphatic heterocycles. The maximum atomic E-state index is 12.3. The number of nitrogens with two attached hydrogens (primary N) is 1. The van der Waals surface area contributed by atoms with Crippen LogP contribution in [0.1, 0.15) is 28.7 Å². The van der Waals surface area contributed by atoms with E-state index in [0.29, 0.717) is 16.5 Å². The second-order valence-electron chi connectivity index (χ2n) is 5.33. The van der Waals surface area contributed by atoms with Crippen molar-refractivity contribution in [3.05, 3.63) is 52.0 Å². The van der Waals surface area contributed by atoms with Crippen LogP contribution in [0.15, 0.2) is 35.0 Å². The van der Waals surface area contributed by atoms with E-state index in [9.17, 15) is 9.59 Å². The molecule has 0 aliphatic carbocycles. The second-order valence-corrected chi connectivity index (χ2v) is 7.05. The van der Waals surface area contributed by atoms with Gasteiger partial charge < -0.3 is 5.73 Å². The number of nitrogens with zero attached hydrogens (tertiary/aromatic N) is 2. The van der Waals surface area contributed by atoms with Gasteiger partial charge in [-0.05, 0) is 12.0 Å². The highest BCUT2D eigenvalue weighted by atomic mass is 32.1. The van der Waals surface area contributed by atoms with Gasteiger partial charge in [0.15, 0.2) is 5.13 Å². The zero-order valence-electron chi connectivity index (χ0n) is 13.5. The fraction of sp³-hybridized carbons (Fsp3) is 0.176. The zero-order chi connectivity index (χ0) is 17.8. The van der Waals surface area contributed by atoms with Gasteiger partial charge in [0.05, 0.1) is 12.1 Å². The lowest BCUT2D eigenvalue weighted by Gasteiger charge is -1.99. The fourth-order valence-electron chi connectivity index (χ4n) is 2.18. The van der Waals surface area contributed by atoms with Crippen LogP contribution in [0.3, 0.4) is 0 Å². The van der Waals surface area contributed by atoms with Gasteiger partial charge in [-0.25, -0.2) is 9.97 Å². The molecule has 25 heavy (non-hydrogen) atoms. The van der Waals surface area contributed by atoms with Crippen LogP contribution in [-0.2, 0) is 17.6 Å². The summed E-state index contributed by atoms with van der Waals surface area (Å²) in [4.78, 5) is 31.7. The summed E-state index contributed by atoms with van der Waals surface area (Å²) in [5.74, 6) is -0.783. The lowest BCUT2D eigenvalue weighted by molar-refractivity contribution is -0.117. The predicted octanol–water partition coefficient (Wildman–Crippen LogP) is 3.11. The molecule has 0 saturated heterocycles. The number of rotatable bonds is 6. The van der Waals surface area contributed by atoms with E-state index < -0.39 is 5.91 Å². The van der Waals surface area contributed by atoms with Crippen molar-refractivity contribution in [3.63, 3.8) is 0 Å². The molecule has 0 aliphatic rings. The molecule has 0 bridgehead atoms. The summed E-state index contributed by atoms with van der Waals surface area (Å²) in [6.07, 6.45) is 1.04. The highest BCUT2D eigenvalue weighted by Crippen LogP contribution is 2.25. The van der Waals surface area contributed by atoms with Crippen LogP contribution in [0.25, 0.3) is 10.6 Å². The van der Waals surface area contributed by atoms with E-state index in [-0.39, 0.29) is 12.3 Å². The second kappa shape index (κ2) is 7.54. The first kappa shape index (κ1) is 17.2. The van der Waals surface area contributed by atoms with Gasteiger partial charge in [0.25, 0.3) is 5.91 Å². The summed E-state index contributed by atoms with van der Waals surface area (Å²) in [6, 6.07) is 8.14. The van der Waals surface area contributed by atoms with Crippen LogP contribution in [0.4, 0.5) is 5.13 Å². The first-order chi connectivity index (χ1) is 12.0. The molecule has 8 heteroatoms. The molecule has 0 atom stereocenters. The monoisotopic (exact) mass is 372 g/mol. The van der Waals surface area contributed by atoms with Gasteiger partial charge in [-0.2, -0.15) is 0 Å². The number of amides is 2. The maximum Gasteiger partial charge on any atom is 0.276 e. The lowest BCUT2D eigenvalue weighted by Crippen LogP contribution is -2.14. The number of aromatic nitrogens is 2. The quantitative estimate of drug-likeness (QED) is 0.694. The Bertz CT molecular complexity index is 900. The molecule has 0 radical (unpaired) electrons. The van der Waals surface area contributed by atoms with Crippen LogP contribution >= 0.6 is 22.7 Å². The number of anilines is 1. The van der Waals surface area contributed by atoms with Crippen molar-refractivity contribution in [2.45, 2.75) is 19.8 Å². The number of benzene rings is 1. The Kier molecular flexibility index (Phi) is 5.20. The summed E-state index contributed by atoms with van der Waals surface area (Å²) in [5.41, 5.74) is 8.26. The number of primary amides is 1. The minimum Gasteiger partial charge on any atom is -0.369 e. The summed E-state index contributed by atoms with van der Waals surface area (Å²) in [6.45, 7) is 2.11. The van der Waals surface area contributed by atoms with Crippen molar-refractivity contribution >= 4 is 39.6 Å². The average Bonchev–Trinajstić information content (AvgIpc) is 3.24. The molecule has 3 N–H and O–H groups in total. The molecule has 0 saturated carbocycles. The number of carbonyl (C=O) groups excluding carboxylic acids is 2. The topological polar surface area (TPSA) is 98.0 Å². The number of nitrogens with one attached hydrogen (secondary N) is 1. The third-order valence-corrected chi connectivity index (χ3v) is 5.17. The van der Waals surface area contributed by atoms with Gasteiger partial charge in [-0.3, -0.25) is 14.9 Å². The predicted molar refractivity (Wildman–Crippen MR) is 99.9 cm³/mol. The molecule has 0 unspecified atom stereocenters. The van der Waals surface area contributed by atoms with Gasteiger partial charge in [-0.15, -0.1) is 22.7 Å². The fourth-order valence-corrected chi connectivity index (χ4v) is 3.69. The SMILES string of the molecule is CCc1ccc(-c2nc(C(=O)Nc3nc(CC(N)=O)cs3)cs2)cc1. The van der Waals surface area contributed by atoms with E-state index in [4.69, 9.17) is 5.73 Å². The number of hydrogen-bond donors (Lipinski definition) is 2. The average molecular weight is 372 g/mol. The van der Waals surface area contributed by atoms with Crippen LogP contribution in [0, 0.1) is 0 Å². The van der Waals surface area contributed by atoms with E-state index in [1.807, 2.05) is 12.1 Å². The van der Waals surface area contributed by atoms with Crippen molar-refractivity contribution in [1.29, 1.82) is 0 Å². The molecule has 3 aromatic rings. The number of carbonyl (C=O) groups is 2. The largest absolute Gasteiger partial charge is 0.369 e. The van der Waals surface area contributed by atoms with Gasteiger partial charge in [0.2, 0.25) is 5.91 Å². The van der Waals surface area contributed by atoms with Crippen LogP contribution in [-0.4, -0.2) is 21.8 Å². The molecule has 1 aromatic carbocycles. The summed E-state index contributed by atoms with van der Waals surface area (Å²) >= 11 is 2.67. The number of aryl methyl sites for hydroxylation is 1. The van der Waals surface area contributed by atoms with Crippen LogP contribution in [0.2, 0.25) is 0 Å². The van der Waals surface area contributed by atoms with Crippen molar-refractivity contribution in [2.24, 2.45) is 5.73 Å². The Morgan fingerprint density at radius 1 is 1.12 bits per heavy atom. The molecule has 2 amide bonds. The Balaban J connectivity index is 1.69. The molecule has 2 aromatic heterocycles. The molecule has 6 nitrogen and oxygen atoms in total. The number of hydrogen-bond acceptors (Lipinski definition) is 6. The highest BCUT2D eigenvalue weighted by Gasteiger charge is 2.14. The van der Waals surface area contributed by atoms with Crippen molar-refractivity contribution < 1.29 is 9.59 Å². The minimum atomic E-state index is -0.457. The minimum absolute atomic E-state index is 0.0565. The Hall–Kier alpha value is -2.58. The van der Waals surface area contributed by atoms with Crippen molar-refractivity contribution in [3.8, 4) is 10.6 Å². The van der Waals surface area contributed by atoms with Crippen LogP contribution in [0.5, 0.6) is 0 Å². The summed E-state index contributed by atoms with van der Waals surface area (Å²) in [5, 5.41) is 7.32. The maximum absolute atomic E-state index is 12.3. The van der Waals surface area contributed by atoms with Crippen LogP contribution < -0.4 is 11.1 Å². The third-order valence-electron chi connectivity index (χ3n) is 3.47. The van der Waals surface area contributed by atoms with E-state index in [0.717, 1.165) is 17.0 Å². The molecular formula is C17H16N4O2S2. The van der Waals surface area contributed by atoms with Crippen molar-refractivity contribution in [2.75, 3.05) is 5.32 Å². The Morgan fingerprint density at radius 2 is 1.88 bits per heavy atom. The van der Waals surface area contributed by atoms with Gasteiger partial charge in [0, 0.05) is 16.3 Å². The molecule has 128 valence electrons. The van der Waals surface area contributed by atoms with Gasteiger partial charge in [-0.1, -0.05) is 31.2 Å². The third kappa shape index (κ3) is 4.28. The normalized spacial score (nSPS) is 10.6. The molecular weight excluding hydrogens is 356 g/mol. The summed E-state index contributed by atoms with van der Waals surface area (Å²) in [7, 11) is 0. The van der Waals surface area contributed by atoms with E-state index in [1.54, 1.807) is 10.8 Å². The molecule has 0 spiro atoms. The summed E-state index contributed by atoms with van der Waals surface area (Å²) < 4.78 is 0. The smallest absolute Gasteiger partial charge is 0.276 e. The Labute approximate surface area is 152 Å². The van der Waals surface area contributed by atoms with E-state index >= 15 is 0 Å². The molecule has 3 rings (SSSR count). The Morgan fingerprint density at radius 3 is 2.56 bits per heavy atom. The van der Waals surface area contributed by atoms with E-state index in [2.05, 4.69) is 34.3 Å². The van der Waals surface area contributed by atoms with Gasteiger partial charge in [0.1, 0.15) is 10.7 Å². The molecule has 0 fully saturated rings. The first-order valence-corrected chi connectivity index (χ1v) is 9.40. The number of thiazole rings is 2. The van der Waals surface area contributed by atoms with Gasteiger partial charge >= 0.3 is 0 Å². The van der Waals surface area contributed by atoms with E-state index in [1.165, 1.54) is 28.2 Å². The lowest BCUT2D eigenvalue weighted by atomic mass is 10.1. The first-order valence-electron chi connectivity index (χ1n) is 7.64. The van der Waals surface area contributed by atoms with Crippen molar-refractivity contribution in [1.82, 2.24) is 9.97 Å². The highest BCUT2D eigenvalue weighted by molar-refractivity contribution is 7.14.